The van der Waals surface area contributed by atoms with Crippen LogP contribution in [0, 0.1) is 0 Å². The number of carbonyl (C=O) groups excluding carboxylic acids is 2. The molecule has 202 valence electrons. The number of benzene rings is 3. The van der Waals surface area contributed by atoms with Gasteiger partial charge in [0, 0.05) is 35.1 Å². The van der Waals surface area contributed by atoms with E-state index in [2.05, 4.69) is 42.0 Å². The van der Waals surface area contributed by atoms with Gasteiger partial charge >= 0.3 is 0 Å². The van der Waals surface area contributed by atoms with Gasteiger partial charge in [0.15, 0.2) is 6.61 Å². The first-order valence-electron chi connectivity index (χ1n) is 12.5. The van der Waals surface area contributed by atoms with Gasteiger partial charge in [0.25, 0.3) is 5.91 Å². The van der Waals surface area contributed by atoms with Crippen LogP contribution in [0.2, 0.25) is 10.0 Å². The van der Waals surface area contributed by atoms with Gasteiger partial charge in [-0.25, -0.2) is 0 Å². The lowest BCUT2D eigenvalue weighted by Gasteiger charge is -2.32. The van der Waals surface area contributed by atoms with Gasteiger partial charge in [0.05, 0.1) is 4.47 Å². The van der Waals surface area contributed by atoms with E-state index in [4.69, 9.17) is 27.9 Å². The molecule has 8 heteroatoms. The summed E-state index contributed by atoms with van der Waals surface area (Å²) >= 11 is 16.5. The summed E-state index contributed by atoms with van der Waals surface area (Å²) in [5.74, 6) is -0.0803. The lowest BCUT2D eigenvalue weighted by molar-refractivity contribution is -0.142. The first-order chi connectivity index (χ1) is 18.0. The molecule has 0 heterocycles. The standard InChI is InChI=1S/C30H33BrCl2N2O3/c1-5-34-29(37)26(16-20-10-7-6-8-11-20)35(18-22-24(32)12-9-13-25(22)33)28(36)19-38-27-15-14-21(17-23(27)31)30(2,3)4/h6-15,17,26H,5,16,18-19H2,1-4H3,(H,34,37)/t26-/m0/s1. The molecule has 0 fully saturated rings. The fourth-order valence-corrected chi connectivity index (χ4v) is 5.02. The molecular formula is C30H33BrCl2N2O3. The Labute approximate surface area is 243 Å². The van der Waals surface area contributed by atoms with Crippen molar-refractivity contribution in [3.8, 4) is 5.75 Å². The number of nitrogens with zero attached hydrogens (tertiary/aromatic N) is 1. The number of halogens is 3. The Hall–Kier alpha value is -2.54. The molecule has 3 aromatic rings. The minimum Gasteiger partial charge on any atom is -0.483 e. The summed E-state index contributed by atoms with van der Waals surface area (Å²) in [7, 11) is 0. The van der Waals surface area contributed by atoms with Crippen LogP contribution >= 0.6 is 39.1 Å². The molecular weight excluding hydrogens is 587 g/mol. The number of ether oxygens (including phenoxy) is 1. The quantitative estimate of drug-likeness (QED) is 0.261. The van der Waals surface area contributed by atoms with E-state index in [1.165, 1.54) is 4.90 Å². The molecule has 0 bridgehead atoms. The van der Waals surface area contributed by atoms with Crippen LogP contribution in [0.4, 0.5) is 0 Å². The normalized spacial score (nSPS) is 12.1. The lowest BCUT2D eigenvalue weighted by Crippen LogP contribution is -2.51. The number of rotatable bonds is 10. The second-order valence-electron chi connectivity index (χ2n) is 10.0. The van der Waals surface area contributed by atoms with Crippen LogP contribution in [-0.2, 0) is 28.0 Å². The first kappa shape index (κ1) is 30.0. The molecule has 0 spiro atoms. The van der Waals surface area contributed by atoms with Gasteiger partial charge in [-0.3, -0.25) is 9.59 Å². The summed E-state index contributed by atoms with van der Waals surface area (Å²) in [5.41, 5.74) is 2.60. The summed E-state index contributed by atoms with van der Waals surface area (Å²) in [6, 6.07) is 19.8. The average Bonchev–Trinajstić information content (AvgIpc) is 2.87. The largest absolute Gasteiger partial charge is 0.483 e. The predicted molar refractivity (Wildman–Crippen MR) is 158 cm³/mol. The maximum atomic E-state index is 13.7. The van der Waals surface area contributed by atoms with E-state index in [0.717, 1.165) is 15.6 Å². The third-order valence-corrected chi connectivity index (χ3v) is 7.49. The molecule has 2 amide bonds. The summed E-state index contributed by atoms with van der Waals surface area (Å²) in [6.45, 7) is 8.46. The zero-order chi connectivity index (χ0) is 27.9. The van der Waals surface area contributed by atoms with Gasteiger partial charge < -0.3 is 15.0 Å². The molecule has 0 aliphatic rings. The van der Waals surface area contributed by atoms with E-state index in [9.17, 15) is 9.59 Å². The first-order valence-corrected chi connectivity index (χ1v) is 14.0. The molecule has 3 rings (SSSR count). The molecule has 0 saturated carbocycles. The number of carbonyl (C=O) groups is 2. The van der Waals surface area contributed by atoms with Crippen molar-refractivity contribution < 1.29 is 14.3 Å². The van der Waals surface area contributed by atoms with Crippen LogP contribution in [0.5, 0.6) is 5.75 Å². The number of nitrogens with one attached hydrogen (secondary N) is 1. The number of likely N-dealkylation sites (N-methyl/N-ethyl adjacent to an activating group) is 1. The van der Waals surface area contributed by atoms with E-state index in [1.54, 1.807) is 18.2 Å². The van der Waals surface area contributed by atoms with Crippen molar-refractivity contribution in [2.75, 3.05) is 13.2 Å². The van der Waals surface area contributed by atoms with Gasteiger partial charge in [0.2, 0.25) is 5.91 Å². The molecule has 0 aliphatic carbocycles. The molecule has 0 aliphatic heterocycles. The second kappa shape index (κ2) is 13.5. The van der Waals surface area contributed by atoms with E-state index >= 15 is 0 Å². The van der Waals surface area contributed by atoms with Crippen LogP contribution in [0.25, 0.3) is 0 Å². The smallest absolute Gasteiger partial charge is 0.261 e. The van der Waals surface area contributed by atoms with E-state index in [0.29, 0.717) is 34.3 Å². The summed E-state index contributed by atoms with van der Waals surface area (Å²) in [5, 5.41) is 3.72. The monoisotopic (exact) mass is 618 g/mol. The molecule has 38 heavy (non-hydrogen) atoms. The molecule has 5 nitrogen and oxygen atoms in total. The lowest BCUT2D eigenvalue weighted by atomic mass is 9.87. The highest BCUT2D eigenvalue weighted by atomic mass is 79.9. The van der Waals surface area contributed by atoms with Gasteiger partial charge in [-0.2, -0.15) is 0 Å². The van der Waals surface area contributed by atoms with Crippen molar-refractivity contribution in [2.45, 2.75) is 52.1 Å². The van der Waals surface area contributed by atoms with Crippen molar-refractivity contribution in [3.05, 3.63) is 97.9 Å². The second-order valence-corrected chi connectivity index (χ2v) is 11.7. The minimum atomic E-state index is -0.799. The molecule has 0 aromatic heterocycles. The number of hydrogen-bond acceptors (Lipinski definition) is 3. The van der Waals surface area contributed by atoms with Crippen molar-refractivity contribution in [1.29, 1.82) is 0 Å². The van der Waals surface area contributed by atoms with Crippen LogP contribution < -0.4 is 10.1 Å². The summed E-state index contributed by atoms with van der Waals surface area (Å²) in [6.07, 6.45) is 0.324. The Kier molecular flexibility index (Phi) is 10.7. The van der Waals surface area contributed by atoms with Crippen LogP contribution in [-0.4, -0.2) is 35.9 Å². The highest BCUT2D eigenvalue weighted by molar-refractivity contribution is 9.10. The maximum Gasteiger partial charge on any atom is 0.261 e. The minimum absolute atomic E-state index is 0.0286. The van der Waals surface area contributed by atoms with Crippen LogP contribution in [0.1, 0.15) is 44.4 Å². The Balaban J connectivity index is 1.93. The Morgan fingerprint density at radius 1 is 1.00 bits per heavy atom. The fourth-order valence-electron chi connectivity index (χ4n) is 4.01. The molecule has 3 aromatic carbocycles. The topological polar surface area (TPSA) is 58.6 Å². The van der Waals surface area contributed by atoms with E-state index in [-0.39, 0.29) is 30.4 Å². The highest BCUT2D eigenvalue weighted by Crippen LogP contribution is 2.32. The van der Waals surface area contributed by atoms with Gasteiger partial charge in [0.1, 0.15) is 11.8 Å². The van der Waals surface area contributed by atoms with Crippen LogP contribution in [0.3, 0.4) is 0 Å². The predicted octanol–water partition coefficient (Wildman–Crippen LogP) is 7.21. The Morgan fingerprint density at radius 2 is 1.66 bits per heavy atom. The fraction of sp³-hybridized carbons (Fsp3) is 0.333. The van der Waals surface area contributed by atoms with Gasteiger partial charge in [-0.15, -0.1) is 0 Å². The highest BCUT2D eigenvalue weighted by Gasteiger charge is 2.31. The Bertz CT molecular complexity index is 1240. The Morgan fingerprint density at radius 3 is 2.24 bits per heavy atom. The average molecular weight is 620 g/mol. The number of amides is 2. The van der Waals surface area contributed by atoms with Crippen LogP contribution in [0.15, 0.2) is 71.2 Å². The summed E-state index contributed by atoms with van der Waals surface area (Å²) in [4.78, 5) is 28.5. The maximum absolute atomic E-state index is 13.7. The zero-order valence-electron chi connectivity index (χ0n) is 22.1. The zero-order valence-corrected chi connectivity index (χ0v) is 25.2. The van der Waals surface area contributed by atoms with Crippen molar-refractivity contribution in [3.63, 3.8) is 0 Å². The van der Waals surface area contributed by atoms with Crippen molar-refractivity contribution >= 4 is 50.9 Å². The van der Waals surface area contributed by atoms with Gasteiger partial charge in [-0.1, -0.05) is 86.4 Å². The van der Waals surface area contributed by atoms with E-state index < -0.39 is 6.04 Å². The molecule has 1 atom stereocenters. The molecule has 1 N–H and O–H groups in total. The molecule has 0 unspecified atom stereocenters. The summed E-state index contributed by atoms with van der Waals surface area (Å²) < 4.78 is 6.70. The number of hydrogen-bond donors (Lipinski definition) is 1. The molecule has 0 radical (unpaired) electrons. The van der Waals surface area contributed by atoms with Crippen molar-refractivity contribution in [2.24, 2.45) is 0 Å². The third kappa shape index (κ3) is 7.98. The third-order valence-electron chi connectivity index (χ3n) is 6.16. The van der Waals surface area contributed by atoms with E-state index in [1.807, 2.05) is 55.5 Å². The van der Waals surface area contributed by atoms with Gasteiger partial charge in [-0.05, 0) is 63.7 Å². The SMILES string of the molecule is CCNC(=O)[C@H](Cc1ccccc1)N(Cc1c(Cl)cccc1Cl)C(=O)COc1ccc(C(C)(C)C)cc1Br. The molecule has 0 saturated heterocycles. The van der Waals surface area contributed by atoms with Crippen molar-refractivity contribution in [1.82, 2.24) is 10.2 Å².